The average Bonchev–Trinajstić information content (AvgIpc) is 2.55. The number of piperidine rings is 1. The Balaban J connectivity index is 1.87. The van der Waals surface area contributed by atoms with Crippen molar-refractivity contribution >= 4 is 5.91 Å². The molecular formula is C17H16N2O3. The summed E-state index contributed by atoms with van der Waals surface area (Å²) in [5, 5.41) is 13.9. The molecule has 2 aromatic rings. The summed E-state index contributed by atoms with van der Waals surface area (Å²) in [5.41, 5.74) is 2.91. The van der Waals surface area contributed by atoms with Crippen molar-refractivity contribution in [2.24, 2.45) is 0 Å². The molecule has 0 aliphatic carbocycles. The topological polar surface area (TPSA) is 72.2 Å². The zero-order chi connectivity index (χ0) is 15.5. The third kappa shape index (κ3) is 2.83. The van der Waals surface area contributed by atoms with Crippen molar-refractivity contribution in [3.05, 3.63) is 70.3 Å². The highest BCUT2D eigenvalue weighted by Gasteiger charge is 2.37. The summed E-state index contributed by atoms with van der Waals surface area (Å²) in [4.78, 5) is 22.5. The highest BCUT2D eigenvalue weighted by atomic mass is 16.6. The summed E-state index contributed by atoms with van der Waals surface area (Å²) in [6.45, 7) is 0. The molecule has 0 saturated carbocycles. The molecule has 112 valence electrons. The summed E-state index contributed by atoms with van der Waals surface area (Å²) in [6.07, 6.45) is 0.494. The Bertz CT molecular complexity index is 683. The Labute approximate surface area is 128 Å². The number of nitro groups is 1. The van der Waals surface area contributed by atoms with Crippen molar-refractivity contribution in [1.29, 1.82) is 0 Å². The van der Waals surface area contributed by atoms with Gasteiger partial charge >= 0.3 is 0 Å². The monoisotopic (exact) mass is 296 g/mol. The molecule has 1 heterocycles. The van der Waals surface area contributed by atoms with E-state index in [0.717, 1.165) is 16.7 Å². The lowest BCUT2D eigenvalue weighted by molar-refractivity contribution is -0.529. The molecule has 0 aromatic heterocycles. The predicted octanol–water partition coefficient (Wildman–Crippen LogP) is 2.95. The quantitative estimate of drug-likeness (QED) is 0.699. The van der Waals surface area contributed by atoms with Crippen LogP contribution in [-0.2, 0) is 4.79 Å². The minimum atomic E-state index is -0.764. The van der Waals surface area contributed by atoms with Crippen LogP contribution in [-0.4, -0.2) is 16.9 Å². The van der Waals surface area contributed by atoms with Gasteiger partial charge in [0.25, 0.3) is 0 Å². The first-order valence-corrected chi connectivity index (χ1v) is 7.23. The largest absolute Gasteiger partial charge is 0.343 e. The SMILES string of the molecule is O=C1CCC([N+](=O)[O-])C(c2ccc(-c3ccccc3)cc2)N1. The zero-order valence-electron chi connectivity index (χ0n) is 11.9. The molecule has 2 unspecified atom stereocenters. The third-order valence-corrected chi connectivity index (χ3v) is 4.02. The molecule has 1 N–H and O–H groups in total. The molecule has 1 amide bonds. The van der Waals surface area contributed by atoms with E-state index in [2.05, 4.69) is 5.32 Å². The van der Waals surface area contributed by atoms with Crippen molar-refractivity contribution in [2.75, 3.05) is 0 Å². The van der Waals surface area contributed by atoms with Crippen LogP contribution in [0.3, 0.4) is 0 Å². The van der Waals surface area contributed by atoms with Gasteiger partial charge in [0.2, 0.25) is 11.9 Å². The number of nitrogens with one attached hydrogen (secondary N) is 1. The van der Waals surface area contributed by atoms with Gasteiger partial charge in [-0.05, 0) is 16.7 Å². The second-order valence-corrected chi connectivity index (χ2v) is 5.42. The fraction of sp³-hybridized carbons (Fsp3) is 0.235. The van der Waals surface area contributed by atoms with Crippen LogP contribution in [0.2, 0.25) is 0 Å². The van der Waals surface area contributed by atoms with Crippen molar-refractivity contribution in [3.8, 4) is 11.1 Å². The maximum Gasteiger partial charge on any atom is 0.237 e. The maximum absolute atomic E-state index is 11.6. The van der Waals surface area contributed by atoms with Crippen LogP contribution < -0.4 is 5.32 Å². The van der Waals surface area contributed by atoms with Crippen LogP contribution in [0, 0.1) is 10.1 Å². The fourth-order valence-corrected chi connectivity index (χ4v) is 2.83. The molecule has 0 bridgehead atoms. The van der Waals surface area contributed by atoms with Crippen molar-refractivity contribution < 1.29 is 9.72 Å². The van der Waals surface area contributed by atoms with Crippen LogP contribution in [0.25, 0.3) is 11.1 Å². The lowest BCUT2D eigenvalue weighted by Gasteiger charge is -2.26. The first-order chi connectivity index (χ1) is 10.6. The molecule has 5 heteroatoms. The number of hydrogen-bond acceptors (Lipinski definition) is 3. The van der Waals surface area contributed by atoms with E-state index in [1.807, 2.05) is 54.6 Å². The van der Waals surface area contributed by atoms with Gasteiger partial charge in [0, 0.05) is 17.8 Å². The first-order valence-electron chi connectivity index (χ1n) is 7.23. The molecule has 1 saturated heterocycles. The Morgan fingerprint density at radius 3 is 2.27 bits per heavy atom. The van der Waals surface area contributed by atoms with Crippen LogP contribution in [0.15, 0.2) is 54.6 Å². The summed E-state index contributed by atoms with van der Waals surface area (Å²) in [7, 11) is 0. The highest BCUT2D eigenvalue weighted by Crippen LogP contribution is 2.28. The minimum Gasteiger partial charge on any atom is -0.343 e. The van der Waals surface area contributed by atoms with Crippen LogP contribution in [0.4, 0.5) is 0 Å². The highest BCUT2D eigenvalue weighted by molar-refractivity contribution is 5.77. The molecular weight excluding hydrogens is 280 g/mol. The molecule has 3 rings (SSSR count). The molecule has 0 spiro atoms. The standard InChI is InChI=1S/C17H16N2O3/c20-16-11-10-15(19(21)22)17(18-16)14-8-6-13(7-9-14)12-4-2-1-3-5-12/h1-9,15,17H,10-11H2,(H,18,20). The van der Waals surface area contributed by atoms with Gasteiger partial charge in [-0.15, -0.1) is 0 Å². The van der Waals surface area contributed by atoms with Crippen molar-refractivity contribution in [2.45, 2.75) is 24.9 Å². The summed E-state index contributed by atoms with van der Waals surface area (Å²) >= 11 is 0. The van der Waals surface area contributed by atoms with E-state index >= 15 is 0 Å². The minimum absolute atomic E-state index is 0.129. The normalized spacial score (nSPS) is 21.2. The lowest BCUT2D eigenvalue weighted by atomic mass is 9.91. The summed E-state index contributed by atoms with van der Waals surface area (Å²) in [5.74, 6) is -0.129. The zero-order valence-corrected chi connectivity index (χ0v) is 11.9. The van der Waals surface area contributed by atoms with E-state index in [4.69, 9.17) is 0 Å². The molecule has 1 fully saturated rings. The molecule has 2 aromatic carbocycles. The van der Waals surface area contributed by atoms with Crippen molar-refractivity contribution in [1.82, 2.24) is 5.32 Å². The Morgan fingerprint density at radius 2 is 1.64 bits per heavy atom. The van der Waals surface area contributed by atoms with Crippen LogP contribution >= 0.6 is 0 Å². The molecule has 2 atom stereocenters. The van der Waals surface area contributed by atoms with E-state index < -0.39 is 12.1 Å². The molecule has 22 heavy (non-hydrogen) atoms. The van der Waals surface area contributed by atoms with Crippen LogP contribution in [0.1, 0.15) is 24.4 Å². The van der Waals surface area contributed by atoms with Gasteiger partial charge < -0.3 is 5.32 Å². The second kappa shape index (κ2) is 5.97. The molecule has 1 aliphatic rings. The number of nitrogens with zero attached hydrogens (tertiary/aromatic N) is 1. The third-order valence-electron chi connectivity index (χ3n) is 4.02. The van der Waals surface area contributed by atoms with Gasteiger partial charge in [-0.25, -0.2) is 0 Å². The summed E-state index contributed by atoms with van der Waals surface area (Å²) in [6, 6.07) is 16.2. The number of amides is 1. The van der Waals surface area contributed by atoms with Crippen LogP contribution in [0.5, 0.6) is 0 Å². The Morgan fingerprint density at radius 1 is 1.00 bits per heavy atom. The molecule has 5 nitrogen and oxygen atoms in total. The lowest BCUT2D eigenvalue weighted by Crippen LogP contribution is -2.45. The first kappa shape index (κ1) is 14.3. The number of rotatable bonds is 3. The van der Waals surface area contributed by atoms with Gasteiger partial charge in [-0.3, -0.25) is 14.9 Å². The average molecular weight is 296 g/mol. The fourth-order valence-electron chi connectivity index (χ4n) is 2.83. The van der Waals surface area contributed by atoms with Gasteiger partial charge in [-0.2, -0.15) is 0 Å². The molecule has 1 aliphatic heterocycles. The second-order valence-electron chi connectivity index (χ2n) is 5.42. The predicted molar refractivity (Wildman–Crippen MR) is 82.8 cm³/mol. The van der Waals surface area contributed by atoms with Gasteiger partial charge in [0.05, 0.1) is 0 Å². The Kier molecular flexibility index (Phi) is 3.87. The van der Waals surface area contributed by atoms with E-state index in [1.165, 1.54) is 0 Å². The maximum atomic E-state index is 11.6. The van der Waals surface area contributed by atoms with Gasteiger partial charge in [0.15, 0.2) is 0 Å². The van der Waals surface area contributed by atoms with Gasteiger partial charge in [-0.1, -0.05) is 54.6 Å². The molecule has 0 radical (unpaired) electrons. The van der Waals surface area contributed by atoms with E-state index in [-0.39, 0.29) is 23.7 Å². The van der Waals surface area contributed by atoms with E-state index in [1.54, 1.807) is 0 Å². The number of carbonyl (C=O) groups is 1. The van der Waals surface area contributed by atoms with Crippen molar-refractivity contribution in [3.63, 3.8) is 0 Å². The number of hydrogen-bond donors (Lipinski definition) is 1. The number of carbonyl (C=O) groups excluding carboxylic acids is 1. The van der Waals surface area contributed by atoms with E-state index in [0.29, 0.717) is 0 Å². The van der Waals surface area contributed by atoms with E-state index in [9.17, 15) is 14.9 Å². The summed E-state index contributed by atoms with van der Waals surface area (Å²) < 4.78 is 0. The Hall–Kier alpha value is -2.69. The van der Waals surface area contributed by atoms with Gasteiger partial charge in [0.1, 0.15) is 6.04 Å². The number of benzene rings is 2. The smallest absolute Gasteiger partial charge is 0.237 e.